The molecule has 2 aliphatic heterocycles. The van der Waals surface area contributed by atoms with Crippen LogP contribution in [0.3, 0.4) is 0 Å². The van der Waals surface area contributed by atoms with E-state index < -0.39 is 9.84 Å². The third-order valence-electron chi connectivity index (χ3n) is 7.91. The van der Waals surface area contributed by atoms with Gasteiger partial charge in [0.15, 0.2) is 9.84 Å². The summed E-state index contributed by atoms with van der Waals surface area (Å²) in [7, 11) is -3.05. The van der Waals surface area contributed by atoms with Crippen LogP contribution in [0.1, 0.15) is 46.3 Å². The number of sulfone groups is 1. The van der Waals surface area contributed by atoms with Crippen molar-refractivity contribution < 1.29 is 13.2 Å². The number of para-hydroxylation sites is 1. The van der Waals surface area contributed by atoms with Crippen molar-refractivity contribution in [2.45, 2.75) is 24.7 Å². The van der Waals surface area contributed by atoms with Crippen LogP contribution in [0.5, 0.6) is 0 Å². The fraction of sp³-hybridized carbons (Fsp3) is 0.333. The predicted molar refractivity (Wildman–Crippen MR) is 141 cm³/mol. The van der Waals surface area contributed by atoms with E-state index in [4.69, 9.17) is 5.84 Å². The highest BCUT2D eigenvalue weighted by Crippen LogP contribution is 2.51. The zero-order chi connectivity index (χ0) is 24.9. The molecule has 1 amide bonds. The summed E-state index contributed by atoms with van der Waals surface area (Å²) in [4.78, 5) is 22.6. The van der Waals surface area contributed by atoms with E-state index in [0.717, 1.165) is 41.3 Å². The smallest absolute Gasteiger partial charge is 0.256 e. The van der Waals surface area contributed by atoms with Gasteiger partial charge in [0, 0.05) is 36.3 Å². The van der Waals surface area contributed by atoms with Gasteiger partial charge in [-0.15, -0.1) is 0 Å². The number of carbonyl (C=O) groups excluding carboxylic acids is 1. The van der Waals surface area contributed by atoms with Gasteiger partial charge in [0.05, 0.1) is 29.1 Å². The van der Waals surface area contributed by atoms with Gasteiger partial charge >= 0.3 is 0 Å². The molecule has 6 rings (SSSR count). The van der Waals surface area contributed by atoms with Gasteiger partial charge in [0.1, 0.15) is 6.34 Å². The number of fused-ring (bicyclic) bond motifs is 1. The molecule has 0 unspecified atom stereocenters. The molecule has 3 aliphatic rings. The number of nitrogens with zero attached hydrogens (tertiary/aromatic N) is 3. The van der Waals surface area contributed by atoms with E-state index in [1.807, 2.05) is 18.3 Å². The number of aromatic nitrogens is 1. The van der Waals surface area contributed by atoms with E-state index in [1.54, 1.807) is 16.2 Å². The number of hydrogen-bond donors (Lipinski definition) is 2. The Morgan fingerprint density at radius 2 is 1.81 bits per heavy atom. The van der Waals surface area contributed by atoms with E-state index in [2.05, 4.69) is 46.5 Å². The molecule has 3 heterocycles. The molecule has 36 heavy (non-hydrogen) atoms. The number of nitrogens with two attached hydrogens (primary N) is 1. The van der Waals surface area contributed by atoms with Crippen molar-refractivity contribution in [2.75, 3.05) is 31.1 Å². The molecule has 8 nitrogen and oxygen atoms in total. The van der Waals surface area contributed by atoms with Crippen LogP contribution < -0.4 is 5.84 Å². The lowest BCUT2D eigenvalue weighted by molar-refractivity contribution is 0.0772. The zero-order valence-electron chi connectivity index (χ0n) is 20.0. The first kappa shape index (κ1) is 23.0. The molecule has 1 saturated heterocycles. The average Bonchev–Trinajstić information content (AvgIpc) is 3.28. The van der Waals surface area contributed by atoms with Crippen LogP contribution in [0.25, 0.3) is 16.5 Å². The summed E-state index contributed by atoms with van der Waals surface area (Å²) in [5, 5.41) is 2.63. The van der Waals surface area contributed by atoms with Crippen molar-refractivity contribution in [3.63, 3.8) is 0 Å². The molecule has 1 aromatic heterocycles. The van der Waals surface area contributed by atoms with Crippen LogP contribution in [0, 0.1) is 0 Å². The molecule has 0 atom stereocenters. The lowest BCUT2D eigenvalue weighted by Gasteiger charge is -2.43. The molecule has 3 aromatic rings. The molecule has 1 aliphatic carbocycles. The summed E-state index contributed by atoms with van der Waals surface area (Å²) in [6.45, 7) is 1.10. The van der Waals surface area contributed by atoms with E-state index in [1.165, 1.54) is 11.1 Å². The number of rotatable bonds is 4. The first-order chi connectivity index (χ1) is 17.4. The van der Waals surface area contributed by atoms with E-state index in [-0.39, 0.29) is 35.9 Å². The van der Waals surface area contributed by atoms with E-state index in [9.17, 15) is 13.2 Å². The van der Waals surface area contributed by atoms with Crippen molar-refractivity contribution in [2.24, 2.45) is 10.8 Å². The first-order valence-corrected chi connectivity index (χ1v) is 14.1. The quantitative estimate of drug-likeness (QED) is 0.532. The maximum Gasteiger partial charge on any atom is 0.256 e. The van der Waals surface area contributed by atoms with Gasteiger partial charge in [-0.25, -0.2) is 19.3 Å². The van der Waals surface area contributed by atoms with Gasteiger partial charge in [-0.3, -0.25) is 9.80 Å². The molecule has 3 N–H and O–H groups in total. The van der Waals surface area contributed by atoms with Crippen LogP contribution in [0.4, 0.5) is 0 Å². The Morgan fingerprint density at radius 1 is 1.06 bits per heavy atom. The Bertz CT molecular complexity index is 1490. The average molecular weight is 504 g/mol. The molecule has 0 spiro atoms. The van der Waals surface area contributed by atoms with Gasteiger partial charge in [-0.05, 0) is 41.2 Å². The van der Waals surface area contributed by atoms with Crippen molar-refractivity contribution in [3.05, 3.63) is 77.1 Å². The topological polar surface area (TPSA) is 112 Å². The SMILES string of the molecule is NN1C=NC=C(c2ccc(C3(c4c[nH]c5c(C(=O)N6CCS(=O)(=O)CC6)cccc45)CCC3)cc2)C1. The first-order valence-electron chi connectivity index (χ1n) is 12.3. The molecular formula is C27H29N5O3S. The van der Waals surface area contributed by atoms with Crippen molar-refractivity contribution >= 4 is 38.6 Å². The van der Waals surface area contributed by atoms with Crippen LogP contribution in [0.15, 0.2) is 59.9 Å². The monoisotopic (exact) mass is 503 g/mol. The number of benzene rings is 2. The summed E-state index contributed by atoms with van der Waals surface area (Å²) in [5.41, 5.74) is 5.98. The Hall–Kier alpha value is -3.43. The number of nitrogens with one attached hydrogen (secondary N) is 1. The van der Waals surface area contributed by atoms with Crippen LogP contribution in [0.2, 0.25) is 0 Å². The highest BCUT2D eigenvalue weighted by atomic mass is 32.2. The summed E-state index contributed by atoms with van der Waals surface area (Å²) < 4.78 is 23.6. The summed E-state index contributed by atoms with van der Waals surface area (Å²) >= 11 is 0. The zero-order valence-corrected chi connectivity index (χ0v) is 20.8. The minimum atomic E-state index is -3.05. The van der Waals surface area contributed by atoms with Crippen LogP contribution in [-0.4, -0.2) is 66.7 Å². The lowest BCUT2D eigenvalue weighted by Crippen LogP contribution is -2.43. The number of H-pyrrole nitrogens is 1. The Kier molecular flexibility index (Phi) is 5.49. The normalized spacial score (nSPS) is 20.8. The number of amides is 1. The van der Waals surface area contributed by atoms with Crippen molar-refractivity contribution in [3.8, 4) is 0 Å². The molecule has 2 fully saturated rings. The minimum absolute atomic E-state index is 0.0242. The van der Waals surface area contributed by atoms with Gasteiger partial charge in [-0.2, -0.15) is 0 Å². The summed E-state index contributed by atoms with van der Waals surface area (Å²) in [6.07, 6.45) is 8.77. The number of aromatic amines is 1. The molecule has 0 bridgehead atoms. The third kappa shape index (κ3) is 3.83. The second-order valence-electron chi connectivity index (χ2n) is 9.98. The standard InChI is InChI=1S/C27H29N5O3S/c28-32-17-20(15-29-18-32)19-5-7-21(8-6-19)27(9-2-10-27)24-16-30-25-22(24)3-1-4-23(25)26(33)31-11-13-36(34,35)14-12-31/h1,3-8,15-16,18,30H,2,9-14,17,28H2. The third-order valence-corrected chi connectivity index (χ3v) is 9.52. The van der Waals surface area contributed by atoms with Gasteiger partial charge in [-0.1, -0.05) is 42.8 Å². The highest BCUT2D eigenvalue weighted by Gasteiger charge is 2.42. The maximum atomic E-state index is 13.3. The minimum Gasteiger partial charge on any atom is -0.360 e. The maximum absolute atomic E-state index is 13.3. The van der Waals surface area contributed by atoms with E-state index in [0.29, 0.717) is 12.1 Å². The number of aliphatic imine (C=N–C) groups is 1. The number of hydrazine groups is 1. The van der Waals surface area contributed by atoms with Crippen LogP contribution >= 0.6 is 0 Å². The van der Waals surface area contributed by atoms with E-state index >= 15 is 0 Å². The number of carbonyl (C=O) groups is 1. The molecular weight excluding hydrogens is 474 g/mol. The summed E-state index contributed by atoms with van der Waals surface area (Å²) in [6, 6.07) is 14.5. The van der Waals surface area contributed by atoms with Gasteiger partial charge in [0.25, 0.3) is 5.91 Å². The fourth-order valence-electron chi connectivity index (χ4n) is 5.71. The Morgan fingerprint density at radius 3 is 2.47 bits per heavy atom. The second kappa shape index (κ2) is 8.60. The number of hydrogen-bond acceptors (Lipinski definition) is 6. The van der Waals surface area contributed by atoms with Crippen molar-refractivity contribution in [1.29, 1.82) is 0 Å². The van der Waals surface area contributed by atoms with Gasteiger partial charge in [0.2, 0.25) is 0 Å². The molecule has 2 aromatic carbocycles. The molecule has 1 saturated carbocycles. The highest BCUT2D eigenvalue weighted by molar-refractivity contribution is 7.91. The Balaban J connectivity index is 1.33. The lowest BCUT2D eigenvalue weighted by atomic mass is 9.60. The predicted octanol–water partition coefficient (Wildman–Crippen LogP) is 3.07. The van der Waals surface area contributed by atoms with Gasteiger partial charge < -0.3 is 9.88 Å². The second-order valence-corrected chi connectivity index (χ2v) is 12.3. The molecule has 0 radical (unpaired) electrons. The molecule has 9 heteroatoms. The fourth-order valence-corrected chi connectivity index (χ4v) is 6.92. The van der Waals surface area contributed by atoms with Crippen LogP contribution in [-0.2, 0) is 15.3 Å². The Labute approximate surface area is 210 Å². The van der Waals surface area contributed by atoms with Crippen molar-refractivity contribution in [1.82, 2.24) is 14.9 Å². The summed E-state index contributed by atoms with van der Waals surface area (Å²) in [5.74, 6) is 5.82. The largest absolute Gasteiger partial charge is 0.360 e. The molecule has 186 valence electrons.